The van der Waals surface area contributed by atoms with E-state index in [0.717, 1.165) is 12.1 Å². The lowest BCUT2D eigenvalue weighted by Crippen LogP contribution is -2.38. The second-order valence-electron chi connectivity index (χ2n) is 6.09. The Hall–Kier alpha value is -1.67. The molecule has 0 radical (unpaired) electrons. The van der Waals surface area contributed by atoms with Crippen LogP contribution < -0.4 is 0 Å². The minimum atomic E-state index is -5.08. The van der Waals surface area contributed by atoms with Crippen molar-refractivity contribution in [3.63, 3.8) is 0 Å². The van der Waals surface area contributed by atoms with Gasteiger partial charge in [0.2, 0.25) is 0 Å². The predicted octanol–water partition coefficient (Wildman–Crippen LogP) is 5.89. The van der Waals surface area contributed by atoms with Gasteiger partial charge in [-0.1, -0.05) is 70.7 Å². The Morgan fingerprint density at radius 2 is 1.31 bits per heavy atom. The number of hydrogen-bond donors (Lipinski definition) is 3. The molecule has 3 rings (SSSR count). The van der Waals surface area contributed by atoms with Crippen LogP contribution in [0.5, 0.6) is 11.5 Å². The van der Waals surface area contributed by atoms with Crippen molar-refractivity contribution in [2.45, 2.75) is 4.75 Å². The van der Waals surface area contributed by atoms with Gasteiger partial charge in [-0.2, -0.15) is 8.42 Å². The number of para-hydroxylation sites is 1. The average Bonchev–Trinajstić information content (AvgIpc) is 2.63. The smallest absolute Gasteiger partial charge is 0.283 e. The molecular weight excluding hydrogens is 482 g/mol. The third-order valence-corrected chi connectivity index (χ3v) is 7.20. The van der Waals surface area contributed by atoms with Crippen molar-refractivity contribution in [1.29, 1.82) is 0 Å². The molecule has 3 aromatic carbocycles. The van der Waals surface area contributed by atoms with E-state index < -0.39 is 20.6 Å². The molecule has 3 N–H and O–H groups in total. The van der Waals surface area contributed by atoms with Crippen molar-refractivity contribution in [2.75, 3.05) is 0 Å². The Bertz CT molecular complexity index is 1210. The first-order valence-electron chi connectivity index (χ1n) is 7.89. The van der Waals surface area contributed by atoms with Gasteiger partial charge in [0, 0.05) is 16.1 Å². The molecule has 0 aliphatic carbocycles. The van der Waals surface area contributed by atoms with Gasteiger partial charge in [-0.3, -0.25) is 4.55 Å². The van der Waals surface area contributed by atoms with Crippen molar-refractivity contribution < 1.29 is 23.2 Å². The summed E-state index contributed by atoms with van der Waals surface area (Å²) in [5, 5.41) is 20.0. The Labute approximate surface area is 186 Å². The van der Waals surface area contributed by atoms with E-state index in [4.69, 9.17) is 46.4 Å². The number of hydrogen-bond acceptors (Lipinski definition) is 4. The zero-order valence-electron chi connectivity index (χ0n) is 14.3. The molecule has 0 bridgehead atoms. The van der Waals surface area contributed by atoms with Crippen LogP contribution in [0.4, 0.5) is 0 Å². The van der Waals surface area contributed by atoms with Gasteiger partial charge in [-0.15, -0.1) is 0 Å². The lowest BCUT2D eigenvalue weighted by atomic mass is 9.83. The summed E-state index contributed by atoms with van der Waals surface area (Å²) in [6.45, 7) is 0. The van der Waals surface area contributed by atoms with Gasteiger partial charge in [0.15, 0.2) is 4.75 Å². The van der Waals surface area contributed by atoms with E-state index in [-0.39, 0.29) is 42.5 Å². The molecule has 0 heterocycles. The van der Waals surface area contributed by atoms with Crippen LogP contribution in [0.2, 0.25) is 20.1 Å². The Morgan fingerprint density at radius 1 is 0.690 bits per heavy atom. The molecule has 1 atom stereocenters. The zero-order chi connectivity index (χ0) is 21.6. The summed E-state index contributed by atoms with van der Waals surface area (Å²) in [7, 11) is -5.08. The van der Waals surface area contributed by atoms with Crippen LogP contribution in [0.15, 0.2) is 54.6 Å². The van der Waals surface area contributed by atoms with Crippen LogP contribution in [-0.2, 0) is 14.9 Å². The highest BCUT2D eigenvalue weighted by Gasteiger charge is 2.51. The third kappa shape index (κ3) is 3.65. The van der Waals surface area contributed by atoms with Gasteiger partial charge < -0.3 is 10.2 Å². The molecule has 3 aromatic rings. The van der Waals surface area contributed by atoms with Crippen LogP contribution in [0, 0.1) is 0 Å². The summed E-state index contributed by atoms with van der Waals surface area (Å²) in [5.74, 6) is -0.742. The van der Waals surface area contributed by atoms with Gasteiger partial charge in [-0.05, 0) is 35.9 Å². The highest BCUT2D eigenvalue weighted by molar-refractivity contribution is 7.87. The van der Waals surface area contributed by atoms with Crippen molar-refractivity contribution in [3.8, 4) is 11.5 Å². The first-order chi connectivity index (χ1) is 13.5. The summed E-state index contributed by atoms with van der Waals surface area (Å²) in [4.78, 5) is 0. The van der Waals surface area contributed by atoms with Gasteiger partial charge in [0.1, 0.15) is 11.5 Å². The fourth-order valence-electron chi connectivity index (χ4n) is 3.17. The van der Waals surface area contributed by atoms with Gasteiger partial charge in [0.25, 0.3) is 10.1 Å². The Balaban J connectivity index is 2.61. The molecule has 5 nitrogen and oxygen atoms in total. The van der Waals surface area contributed by atoms with E-state index in [9.17, 15) is 23.2 Å². The number of phenols is 2. The van der Waals surface area contributed by atoms with Gasteiger partial charge >= 0.3 is 0 Å². The SMILES string of the molecule is O=S(=O)(O)C(c1ccc(O)c(Cl)c1)(c1ccccc1O)c1cc(Cl)c(Cl)cc1Cl. The summed E-state index contributed by atoms with van der Waals surface area (Å²) in [6.07, 6.45) is 0. The normalized spacial score (nSPS) is 13.8. The van der Waals surface area contributed by atoms with Crippen molar-refractivity contribution in [2.24, 2.45) is 0 Å². The van der Waals surface area contributed by atoms with E-state index in [2.05, 4.69) is 0 Å². The highest BCUT2D eigenvalue weighted by Crippen LogP contribution is 2.51. The molecule has 10 heteroatoms. The van der Waals surface area contributed by atoms with Crippen LogP contribution in [0.25, 0.3) is 0 Å². The number of rotatable bonds is 4. The van der Waals surface area contributed by atoms with E-state index >= 15 is 0 Å². The van der Waals surface area contributed by atoms with E-state index in [1.165, 1.54) is 42.5 Å². The van der Waals surface area contributed by atoms with Gasteiger partial charge in [0.05, 0.1) is 15.1 Å². The van der Waals surface area contributed by atoms with Gasteiger partial charge in [-0.25, -0.2) is 0 Å². The number of phenolic OH excluding ortho intramolecular Hbond substituents is 2. The molecule has 0 aliphatic heterocycles. The molecule has 0 saturated carbocycles. The van der Waals surface area contributed by atoms with Crippen molar-refractivity contribution >= 4 is 56.5 Å². The molecule has 0 fully saturated rings. The molecular formula is C19H12Cl4O5S. The number of benzene rings is 3. The summed E-state index contributed by atoms with van der Waals surface area (Å²) in [6, 6.07) is 11.5. The lowest BCUT2D eigenvalue weighted by Gasteiger charge is -2.34. The van der Waals surface area contributed by atoms with Crippen LogP contribution >= 0.6 is 46.4 Å². The maximum absolute atomic E-state index is 13.0. The maximum Gasteiger partial charge on any atom is 0.283 e. The Kier molecular flexibility index (Phi) is 5.98. The molecule has 1 unspecified atom stereocenters. The van der Waals surface area contributed by atoms with Crippen molar-refractivity contribution in [3.05, 3.63) is 91.4 Å². The topological polar surface area (TPSA) is 94.8 Å². The first-order valence-corrected chi connectivity index (χ1v) is 10.8. The average molecular weight is 494 g/mol. The largest absolute Gasteiger partial charge is 0.508 e. The van der Waals surface area contributed by atoms with E-state index in [0.29, 0.717) is 0 Å². The van der Waals surface area contributed by atoms with Crippen molar-refractivity contribution in [1.82, 2.24) is 0 Å². The van der Waals surface area contributed by atoms with Crippen LogP contribution in [-0.4, -0.2) is 23.2 Å². The van der Waals surface area contributed by atoms with Crippen LogP contribution in [0.3, 0.4) is 0 Å². The predicted molar refractivity (Wildman–Crippen MR) is 114 cm³/mol. The standard InChI is InChI=1S/C19H12Cl4O5S/c20-13-9-15(22)14(21)8-12(13)19(29(26,27)28,11-3-1-2-4-17(11)24)10-5-6-18(25)16(23)7-10/h1-9,24-25H,(H,26,27,28). The second-order valence-corrected chi connectivity index (χ2v) is 9.28. The summed E-state index contributed by atoms with van der Waals surface area (Å²) >= 11 is 24.4. The highest BCUT2D eigenvalue weighted by atomic mass is 35.5. The van der Waals surface area contributed by atoms with E-state index in [1.54, 1.807) is 0 Å². The molecule has 0 saturated heterocycles. The molecule has 0 aliphatic rings. The number of aromatic hydroxyl groups is 2. The second kappa shape index (κ2) is 7.87. The van der Waals surface area contributed by atoms with Crippen LogP contribution in [0.1, 0.15) is 16.7 Å². The zero-order valence-corrected chi connectivity index (χ0v) is 18.1. The summed E-state index contributed by atoms with van der Waals surface area (Å²) in [5.41, 5.74) is -0.464. The number of halogens is 4. The fourth-order valence-corrected chi connectivity index (χ4v) is 5.42. The molecule has 152 valence electrons. The van der Waals surface area contributed by atoms with E-state index in [1.807, 2.05) is 0 Å². The Morgan fingerprint density at radius 3 is 1.90 bits per heavy atom. The fraction of sp³-hybridized carbons (Fsp3) is 0.0526. The minimum absolute atomic E-state index is 0.0283. The molecule has 0 amide bonds. The maximum atomic E-state index is 13.0. The summed E-state index contributed by atoms with van der Waals surface area (Å²) < 4.78 is 34.0. The quantitative estimate of drug-likeness (QED) is 0.239. The monoisotopic (exact) mass is 492 g/mol. The third-order valence-electron chi connectivity index (χ3n) is 4.41. The molecule has 0 aromatic heterocycles. The molecule has 29 heavy (non-hydrogen) atoms. The first kappa shape index (κ1) is 22.0. The molecule has 0 spiro atoms. The minimum Gasteiger partial charge on any atom is -0.508 e. The lowest BCUT2D eigenvalue weighted by molar-refractivity contribution is 0.440.